The molecule has 2 amide bonds. The number of amides is 2. The molecule has 3 heterocycles. The number of fused-ring (bicyclic) bond motifs is 4. The first-order valence-corrected chi connectivity index (χ1v) is 8.20. The largest absolute Gasteiger partial charge is 0.461 e. The maximum Gasteiger partial charge on any atom is 0.461 e. The summed E-state index contributed by atoms with van der Waals surface area (Å²) in [4.78, 5) is 28.1. The lowest BCUT2D eigenvalue weighted by Gasteiger charge is -2.32. The van der Waals surface area contributed by atoms with E-state index in [-0.39, 0.29) is 36.5 Å². The number of para-hydroxylation sites is 1. The van der Waals surface area contributed by atoms with Crippen molar-refractivity contribution in [1.29, 1.82) is 0 Å². The Morgan fingerprint density at radius 1 is 1.23 bits per heavy atom. The molecule has 4 rings (SSSR count). The van der Waals surface area contributed by atoms with Crippen LogP contribution in [-0.2, 0) is 4.79 Å². The van der Waals surface area contributed by atoms with Crippen molar-refractivity contribution < 1.29 is 31.9 Å². The highest BCUT2D eigenvalue weighted by molar-refractivity contribution is 5.97. The molecule has 3 saturated heterocycles. The van der Waals surface area contributed by atoms with Gasteiger partial charge in [-0.1, -0.05) is 12.1 Å². The maximum absolute atomic E-state index is 13.3. The smallest absolute Gasteiger partial charge is 0.427 e. The number of carbonyl (C=O) groups is 2. The normalized spacial score (nSPS) is 23.4. The van der Waals surface area contributed by atoms with Crippen LogP contribution in [0, 0.1) is 5.92 Å². The average Bonchev–Trinajstić information content (AvgIpc) is 2.88. The molecule has 142 valence electrons. The number of likely N-dealkylation sites (N-methyl/N-ethyl adjacent to an activating group) is 1. The zero-order valence-corrected chi connectivity index (χ0v) is 14.0. The second-order valence-corrected chi connectivity index (χ2v) is 6.55. The van der Waals surface area contributed by atoms with E-state index in [2.05, 4.69) is 4.74 Å². The molecule has 0 aromatic heterocycles. The molecular weight excluding hydrogens is 356 g/mol. The number of piperidine rings is 1. The SMILES string of the molecule is CN1C(=O)[C@H]2CC[C@@H]1CN(C(=O)c1ccccc1OC(F)(F)C(F)F)C2. The Morgan fingerprint density at radius 3 is 2.62 bits per heavy atom. The van der Waals surface area contributed by atoms with E-state index in [4.69, 9.17) is 0 Å². The van der Waals surface area contributed by atoms with Crippen molar-refractivity contribution in [2.75, 3.05) is 20.1 Å². The monoisotopic (exact) mass is 374 g/mol. The predicted molar refractivity (Wildman–Crippen MR) is 83.2 cm³/mol. The van der Waals surface area contributed by atoms with Crippen molar-refractivity contribution in [3.05, 3.63) is 29.8 Å². The van der Waals surface area contributed by atoms with Gasteiger partial charge >= 0.3 is 12.5 Å². The molecule has 1 aromatic carbocycles. The van der Waals surface area contributed by atoms with Crippen molar-refractivity contribution in [2.45, 2.75) is 31.4 Å². The summed E-state index contributed by atoms with van der Waals surface area (Å²) in [6, 6.07) is 4.90. The van der Waals surface area contributed by atoms with E-state index >= 15 is 0 Å². The number of rotatable bonds is 4. The Hall–Kier alpha value is -2.32. The van der Waals surface area contributed by atoms with Gasteiger partial charge in [0.2, 0.25) is 5.91 Å². The molecule has 1 aromatic rings. The van der Waals surface area contributed by atoms with Gasteiger partial charge in [-0.15, -0.1) is 0 Å². The number of halogens is 4. The highest BCUT2D eigenvalue weighted by atomic mass is 19.3. The Labute approximate surface area is 147 Å². The molecule has 0 radical (unpaired) electrons. The standard InChI is InChI=1S/C17H18F4N2O3/c1-22-11-7-6-10(14(22)24)8-23(9-11)15(25)12-4-2-3-5-13(12)26-17(20,21)16(18)19/h2-5,10-11,16H,6-9H2,1H3/t10-,11+/m0/s1. The van der Waals surface area contributed by atoms with E-state index in [0.29, 0.717) is 6.42 Å². The van der Waals surface area contributed by atoms with Gasteiger partial charge < -0.3 is 14.5 Å². The third-order valence-electron chi connectivity index (χ3n) is 4.87. The lowest BCUT2D eigenvalue weighted by Crippen LogP contribution is -2.45. The molecule has 0 aliphatic carbocycles. The molecule has 0 N–H and O–H groups in total. The van der Waals surface area contributed by atoms with E-state index in [1.165, 1.54) is 23.1 Å². The van der Waals surface area contributed by atoms with Gasteiger partial charge in [0.05, 0.1) is 11.5 Å². The molecule has 2 atom stereocenters. The molecule has 3 fully saturated rings. The van der Waals surface area contributed by atoms with Crippen LogP contribution in [0.15, 0.2) is 24.3 Å². The van der Waals surface area contributed by atoms with Crippen LogP contribution in [0.3, 0.4) is 0 Å². The van der Waals surface area contributed by atoms with Gasteiger partial charge in [0.25, 0.3) is 5.91 Å². The zero-order valence-electron chi connectivity index (χ0n) is 14.0. The zero-order chi connectivity index (χ0) is 19.1. The molecule has 0 spiro atoms. The number of carbonyl (C=O) groups excluding carboxylic acids is 2. The lowest BCUT2D eigenvalue weighted by molar-refractivity contribution is -0.253. The fourth-order valence-corrected chi connectivity index (χ4v) is 3.42. The summed E-state index contributed by atoms with van der Waals surface area (Å²) in [6.45, 7) is 0.426. The molecule has 26 heavy (non-hydrogen) atoms. The second kappa shape index (κ2) is 6.77. The second-order valence-electron chi connectivity index (χ2n) is 6.55. The maximum atomic E-state index is 13.3. The molecule has 2 bridgehead atoms. The van der Waals surface area contributed by atoms with Gasteiger partial charge in [-0.3, -0.25) is 9.59 Å². The van der Waals surface area contributed by atoms with Crippen molar-refractivity contribution in [3.8, 4) is 5.75 Å². The molecule has 5 nitrogen and oxygen atoms in total. The minimum atomic E-state index is -4.70. The van der Waals surface area contributed by atoms with Crippen LogP contribution in [0.1, 0.15) is 23.2 Å². The molecule has 3 aliphatic rings. The van der Waals surface area contributed by atoms with Gasteiger partial charge in [-0.2, -0.15) is 17.6 Å². The first kappa shape index (κ1) is 18.5. The van der Waals surface area contributed by atoms with E-state index < -0.39 is 24.2 Å². The number of alkyl halides is 4. The Balaban J connectivity index is 1.86. The summed E-state index contributed by atoms with van der Waals surface area (Å²) >= 11 is 0. The minimum Gasteiger partial charge on any atom is -0.427 e. The first-order valence-electron chi connectivity index (χ1n) is 8.20. The third-order valence-corrected chi connectivity index (χ3v) is 4.87. The quantitative estimate of drug-likeness (QED) is 0.762. The van der Waals surface area contributed by atoms with Crippen LogP contribution in [0.5, 0.6) is 5.75 Å². The van der Waals surface area contributed by atoms with Crippen LogP contribution in [0.25, 0.3) is 0 Å². The van der Waals surface area contributed by atoms with E-state index in [0.717, 1.165) is 12.5 Å². The molecule has 0 saturated carbocycles. The fourth-order valence-electron chi connectivity index (χ4n) is 3.42. The predicted octanol–water partition coefficient (Wildman–Crippen LogP) is 2.62. The van der Waals surface area contributed by atoms with Crippen molar-refractivity contribution in [2.24, 2.45) is 5.92 Å². The van der Waals surface area contributed by atoms with Crippen LogP contribution >= 0.6 is 0 Å². The summed E-state index contributed by atoms with van der Waals surface area (Å²) in [5.74, 6) is -1.63. The molecule has 3 aliphatic heterocycles. The van der Waals surface area contributed by atoms with Gasteiger partial charge in [0.15, 0.2) is 0 Å². The van der Waals surface area contributed by atoms with Crippen molar-refractivity contribution in [1.82, 2.24) is 9.80 Å². The summed E-state index contributed by atoms with van der Waals surface area (Å²) < 4.78 is 55.5. The Bertz CT molecular complexity index is 713. The average molecular weight is 374 g/mol. The number of nitrogens with zero attached hydrogens (tertiary/aromatic N) is 2. The van der Waals surface area contributed by atoms with Crippen LogP contribution < -0.4 is 4.74 Å². The fraction of sp³-hybridized carbons (Fsp3) is 0.529. The highest BCUT2D eigenvalue weighted by Crippen LogP contribution is 2.33. The van der Waals surface area contributed by atoms with Gasteiger partial charge in [-0.05, 0) is 25.0 Å². The van der Waals surface area contributed by atoms with Gasteiger partial charge in [-0.25, -0.2) is 0 Å². The van der Waals surface area contributed by atoms with Crippen molar-refractivity contribution in [3.63, 3.8) is 0 Å². The highest BCUT2D eigenvalue weighted by Gasteiger charge is 2.45. The summed E-state index contributed by atoms with van der Waals surface area (Å²) in [5.41, 5.74) is -0.232. The lowest BCUT2D eigenvalue weighted by atomic mass is 9.95. The topological polar surface area (TPSA) is 49.9 Å². The molecular formula is C17H18F4N2O3. The van der Waals surface area contributed by atoms with E-state index in [1.807, 2.05) is 0 Å². The van der Waals surface area contributed by atoms with Crippen LogP contribution in [0.2, 0.25) is 0 Å². The summed E-state index contributed by atoms with van der Waals surface area (Å²) in [7, 11) is 1.67. The Morgan fingerprint density at radius 2 is 1.92 bits per heavy atom. The van der Waals surface area contributed by atoms with Gasteiger partial charge in [0.1, 0.15) is 5.75 Å². The third kappa shape index (κ3) is 3.34. The van der Waals surface area contributed by atoms with Crippen LogP contribution in [0.4, 0.5) is 17.6 Å². The molecule has 9 heteroatoms. The van der Waals surface area contributed by atoms with Crippen molar-refractivity contribution >= 4 is 11.8 Å². The summed E-state index contributed by atoms with van der Waals surface area (Å²) in [6.07, 6.45) is -7.33. The number of hydrogen-bond acceptors (Lipinski definition) is 3. The van der Waals surface area contributed by atoms with E-state index in [9.17, 15) is 27.2 Å². The number of hydrogen-bond donors (Lipinski definition) is 0. The first-order chi connectivity index (χ1) is 12.2. The minimum absolute atomic E-state index is 0.0506. The number of ether oxygens (including phenoxy) is 1. The van der Waals surface area contributed by atoms with Crippen LogP contribution in [-0.4, -0.2) is 60.3 Å². The summed E-state index contributed by atoms with van der Waals surface area (Å²) in [5, 5.41) is 0. The van der Waals surface area contributed by atoms with E-state index in [1.54, 1.807) is 11.9 Å². The Kier molecular flexibility index (Phi) is 4.81. The molecule has 0 unspecified atom stereocenters. The van der Waals surface area contributed by atoms with Gasteiger partial charge in [0, 0.05) is 26.2 Å². The number of benzene rings is 1.